The van der Waals surface area contributed by atoms with Crippen molar-refractivity contribution in [2.45, 2.75) is 6.92 Å². The van der Waals surface area contributed by atoms with Crippen molar-refractivity contribution < 1.29 is 24.6 Å². The van der Waals surface area contributed by atoms with Gasteiger partial charge < -0.3 is 21.3 Å². The first-order chi connectivity index (χ1) is 20.6. The molecule has 1 amide bonds. The van der Waals surface area contributed by atoms with Gasteiger partial charge in [-0.05, 0) is 55.5 Å². The van der Waals surface area contributed by atoms with E-state index in [1.54, 1.807) is 13.1 Å². The highest BCUT2D eigenvalue weighted by molar-refractivity contribution is 5.96. The molecular weight excluding hydrogens is 556 g/mol. The number of hydrogen-bond acceptors (Lipinski definition) is 12. The van der Waals surface area contributed by atoms with Crippen LogP contribution in [0.15, 0.2) is 60.9 Å². The molecule has 0 saturated heterocycles. The van der Waals surface area contributed by atoms with Crippen LogP contribution in [0.5, 0.6) is 0 Å². The minimum atomic E-state index is -1.26. The first kappa shape index (κ1) is 29.6. The maximum absolute atomic E-state index is 12.8. The molecule has 2 heterocycles. The van der Waals surface area contributed by atoms with Gasteiger partial charge in [0, 0.05) is 18.3 Å². The number of hydrogen-bond donors (Lipinski definition) is 7. The fraction of sp³-hybridized carbons (Fsp3) is 0.0714. The predicted octanol–water partition coefficient (Wildman–Crippen LogP) is 1.44. The Morgan fingerprint density at radius 1 is 1.05 bits per heavy atom. The lowest BCUT2D eigenvalue weighted by molar-refractivity contribution is 0.0685. The lowest BCUT2D eigenvalue weighted by Gasteiger charge is -2.16. The Labute approximate surface area is 244 Å². The smallest absolute Gasteiger partial charge is 0.337 e. The highest BCUT2D eigenvalue weighted by atomic mass is 16.4. The zero-order valence-corrected chi connectivity index (χ0v) is 22.5. The summed E-state index contributed by atoms with van der Waals surface area (Å²) in [6.45, 7) is 2.13. The zero-order chi connectivity index (χ0) is 31.3. The van der Waals surface area contributed by atoms with Crippen molar-refractivity contribution in [1.82, 2.24) is 21.3 Å². The van der Waals surface area contributed by atoms with Crippen molar-refractivity contribution in [3.05, 3.63) is 100 Å². The second-order valence-electron chi connectivity index (χ2n) is 8.92. The number of nitrogens with zero attached hydrogens (tertiary/aromatic N) is 5. The van der Waals surface area contributed by atoms with Crippen molar-refractivity contribution in [2.24, 2.45) is 11.6 Å². The first-order valence-electron chi connectivity index (χ1n) is 12.5. The molecule has 1 aliphatic heterocycles. The maximum Gasteiger partial charge on any atom is 0.337 e. The van der Waals surface area contributed by atoms with Gasteiger partial charge in [0.2, 0.25) is 0 Å². The number of nitrogens with one attached hydrogen (secondary N) is 3. The van der Waals surface area contributed by atoms with Gasteiger partial charge in [-0.3, -0.25) is 20.2 Å². The molecule has 1 aliphatic rings. The number of carboxylic acid groups (broad SMARTS) is 2. The molecule has 0 saturated carbocycles. The van der Waals surface area contributed by atoms with Gasteiger partial charge in [0.25, 0.3) is 5.91 Å². The summed E-state index contributed by atoms with van der Waals surface area (Å²) < 4.78 is 0. The van der Waals surface area contributed by atoms with E-state index in [0.717, 1.165) is 5.01 Å². The Kier molecular flexibility index (Phi) is 8.52. The number of aromatic nitrogens is 1. The van der Waals surface area contributed by atoms with E-state index in [-0.39, 0.29) is 50.8 Å². The van der Waals surface area contributed by atoms with Crippen LogP contribution < -0.4 is 37.9 Å². The van der Waals surface area contributed by atoms with Crippen molar-refractivity contribution in [3.63, 3.8) is 0 Å². The lowest BCUT2D eigenvalue weighted by Crippen LogP contribution is -2.36. The fourth-order valence-corrected chi connectivity index (χ4v) is 4.02. The van der Waals surface area contributed by atoms with Gasteiger partial charge in [0.15, 0.2) is 0 Å². The first-order valence-corrected chi connectivity index (χ1v) is 12.5. The van der Waals surface area contributed by atoms with Crippen LogP contribution in [0.4, 0.5) is 11.4 Å². The zero-order valence-electron chi connectivity index (χ0n) is 22.5. The van der Waals surface area contributed by atoms with Crippen LogP contribution >= 0.6 is 0 Å². The number of carbonyl (C=O) groups excluding carboxylic acids is 1. The molecule has 0 aliphatic carbocycles. The summed E-state index contributed by atoms with van der Waals surface area (Å²) in [5.41, 5.74) is 13.6. The third-order valence-corrected chi connectivity index (χ3v) is 6.13. The molecule has 4 rings (SSSR count). The summed E-state index contributed by atoms with van der Waals surface area (Å²) in [6, 6.07) is 14.9. The van der Waals surface area contributed by atoms with Gasteiger partial charge in [0.05, 0.1) is 62.6 Å². The van der Waals surface area contributed by atoms with Crippen LogP contribution in [-0.4, -0.2) is 39.6 Å². The number of anilines is 2. The molecule has 3 aromatic rings. The molecule has 43 heavy (non-hydrogen) atoms. The van der Waals surface area contributed by atoms with E-state index in [1.165, 1.54) is 59.7 Å². The standard InChI is InChI=1S/C28H24N10O5/c1-2-33-26(39)15-9-23(22(31)13-37(32)18-3-5-20(27(40)41)16(7-18)11-29)34-24(10-15)25-14-38(36-35-25)19-4-6-21(28(42)43)17(8-19)12-30/h3-10,13-14,35-36H,2,31-32H2,1H3,(H,33,39)(H,40,41)(H,42,43)/b22-13-. The second-order valence-corrected chi connectivity index (χ2v) is 8.92. The Balaban J connectivity index is 1.71. The third kappa shape index (κ3) is 6.34. The van der Waals surface area contributed by atoms with Gasteiger partial charge in [-0.2, -0.15) is 10.5 Å². The largest absolute Gasteiger partial charge is 0.478 e. The number of aromatic carboxylic acids is 2. The minimum absolute atomic E-state index is 0.0314. The summed E-state index contributed by atoms with van der Waals surface area (Å²) in [5.74, 6) is 3.26. The normalized spacial score (nSPS) is 12.4. The molecule has 0 unspecified atom stereocenters. The average Bonchev–Trinajstić information content (AvgIpc) is 3.50. The molecule has 0 radical (unpaired) electrons. The van der Waals surface area contributed by atoms with Gasteiger partial charge in [-0.25, -0.2) is 20.4 Å². The number of benzene rings is 2. The highest BCUT2D eigenvalue weighted by Crippen LogP contribution is 2.25. The number of rotatable bonds is 9. The highest BCUT2D eigenvalue weighted by Gasteiger charge is 2.21. The van der Waals surface area contributed by atoms with E-state index in [9.17, 15) is 35.1 Å². The van der Waals surface area contributed by atoms with Crippen molar-refractivity contribution in [2.75, 3.05) is 16.6 Å². The van der Waals surface area contributed by atoms with Crippen LogP contribution in [-0.2, 0) is 0 Å². The quantitative estimate of drug-likeness (QED) is 0.140. The van der Waals surface area contributed by atoms with Crippen LogP contribution in [0.25, 0.3) is 11.4 Å². The molecule has 1 aromatic heterocycles. The number of nitriles is 2. The van der Waals surface area contributed by atoms with E-state index in [4.69, 9.17) is 11.6 Å². The number of pyridine rings is 1. The average molecular weight is 581 g/mol. The number of amides is 1. The van der Waals surface area contributed by atoms with Crippen molar-refractivity contribution in [3.8, 4) is 12.1 Å². The topological polar surface area (TPSA) is 247 Å². The summed E-state index contributed by atoms with van der Waals surface area (Å²) >= 11 is 0. The summed E-state index contributed by atoms with van der Waals surface area (Å²) in [5, 5.41) is 42.6. The van der Waals surface area contributed by atoms with Gasteiger partial charge in [-0.1, -0.05) is 0 Å². The van der Waals surface area contributed by atoms with E-state index >= 15 is 0 Å². The summed E-state index contributed by atoms with van der Waals surface area (Å²) in [4.78, 5) is 40.1. The Hall–Kier alpha value is -6.42. The van der Waals surface area contributed by atoms with E-state index in [0.29, 0.717) is 23.6 Å². The second kappa shape index (κ2) is 12.4. The van der Waals surface area contributed by atoms with Gasteiger partial charge in [0.1, 0.15) is 12.1 Å². The summed E-state index contributed by atoms with van der Waals surface area (Å²) in [6.07, 6.45) is 2.89. The molecule has 0 bridgehead atoms. The lowest BCUT2D eigenvalue weighted by atomic mass is 10.1. The molecule has 9 N–H and O–H groups in total. The van der Waals surface area contributed by atoms with E-state index in [1.807, 2.05) is 12.1 Å². The number of hydrazine groups is 3. The number of nitrogens with two attached hydrogens (primary N) is 2. The predicted molar refractivity (Wildman–Crippen MR) is 154 cm³/mol. The molecular formula is C28H24N10O5. The molecule has 15 heteroatoms. The number of carboxylic acids is 2. The van der Waals surface area contributed by atoms with Gasteiger partial charge in [-0.15, -0.1) is 5.53 Å². The fourth-order valence-electron chi connectivity index (χ4n) is 4.02. The van der Waals surface area contributed by atoms with E-state index < -0.39 is 11.9 Å². The monoisotopic (exact) mass is 580 g/mol. The Bertz CT molecular complexity index is 1790. The van der Waals surface area contributed by atoms with Crippen LogP contribution in [0.1, 0.15) is 60.5 Å². The van der Waals surface area contributed by atoms with E-state index in [2.05, 4.69) is 21.3 Å². The molecule has 0 spiro atoms. The minimum Gasteiger partial charge on any atom is -0.478 e. The molecule has 2 aromatic carbocycles. The molecule has 0 atom stereocenters. The molecule has 0 fully saturated rings. The Morgan fingerprint density at radius 2 is 1.70 bits per heavy atom. The number of carbonyl (C=O) groups is 3. The Morgan fingerprint density at radius 3 is 2.33 bits per heavy atom. The SMILES string of the molecule is CCNC(=O)c1cc(C2=CN(c3ccc(C(=O)O)c(C#N)c3)NN2)nc(/C(N)=C/N(N)c2ccc(C(=O)O)c(C#N)c2)c1. The van der Waals surface area contributed by atoms with Crippen LogP contribution in [0.3, 0.4) is 0 Å². The molecule has 15 nitrogen and oxygen atoms in total. The maximum atomic E-state index is 12.8. The van der Waals surface area contributed by atoms with Crippen LogP contribution in [0.2, 0.25) is 0 Å². The van der Waals surface area contributed by atoms with Crippen molar-refractivity contribution in [1.29, 1.82) is 10.5 Å². The summed E-state index contributed by atoms with van der Waals surface area (Å²) in [7, 11) is 0. The van der Waals surface area contributed by atoms with Crippen molar-refractivity contribution >= 4 is 40.6 Å². The van der Waals surface area contributed by atoms with Gasteiger partial charge >= 0.3 is 11.9 Å². The molecule has 216 valence electrons. The third-order valence-electron chi connectivity index (χ3n) is 6.13. The van der Waals surface area contributed by atoms with Crippen LogP contribution in [0, 0.1) is 22.7 Å².